The molecule has 1 saturated carbocycles. The quantitative estimate of drug-likeness (QED) is 0.781. The van der Waals surface area contributed by atoms with Crippen LogP contribution < -0.4 is 0 Å². The molecule has 4 heteroatoms. The molecule has 0 saturated heterocycles. The second-order valence-electron chi connectivity index (χ2n) is 3.69. The highest BCUT2D eigenvalue weighted by molar-refractivity contribution is 9.10. The van der Waals surface area contributed by atoms with Crippen LogP contribution in [-0.4, -0.2) is 9.97 Å². The zero-order valence-electron chi connectivity index (χ0n) is 7.98. The number of hydrogen-bond donors (Lipinski definition) is 0. The Kier molecular flexibility index (Phi) is 2.09. The van der Waals surface area contributed by atoms with Gasteiger partial charge in [0.25, 0.3) is 0 Å². The molecule has 0 unspecified atom stereocenters. The third kappa shape index (κ3) is 1.81. The molecular formula is C11H9BrN2O. The van der Waals surface area contributed by atoms with Crippen molar-refractivity contribution in [2.45, 2.75) is 18.8 Å². The van der Waals surface area contributed by atoms with Crippen LogP contribution in [0.1, 0.15) is 24.6 Å². The van der Waals surface area contributed by atoms with Gasteiger partial charge >= 0.3 is 0 Å². The molecule has 0 aliphatic heterocycles. The van der Waals surface area contributed by atoms with E-state index in [0.717, 1.165) is 21.9 Å². The van der Waals surface area contributed by atoms with Gasteiger partial charge in [0.15, 0.2) is 5.76 Å². The molecule has 76 valence electrons. The van der Waals surface area contributed by atoms with Gasteiger partial charge in [0.05, 0.1) is 6.26 Å². The minimum absolute atomic E-state index is 0.552. The summed E-state index contributed by atoms with van der Waals surface area (Å²) in [6, 6.07) is 5.65. The number of rotatable bonds is 2. The van der Waals surface area contributed by atoms with E-state index in [1.807, 2.05) is 18.2 Å². The van der Waals surface area contributed by atoms with Gasteiger partial charge in [-0.2, -0.15) is 0 Å². The highest BCUT2D eigenvalue weighted by atomic mass is 79.9. The van der Waals surface area contributed by atoms with Crippen molar-refractivity contribution in [2.24, 2.45) is 0 Å². The summed E-state index contributed by atoms with van der Waals surface area (Å²) in [6.45, 7) is 0. The van der Waals surface area contributed by atoms with Crippen molar-refractivity contribution in [3.8, 4) is 11.5 Å². The second kappa shape index (κ2) is 3.45. The average Bonchev–Trinajstić information content (AvgIpc) is 2.93. The SMILES string of the molecule is Brc1cc(-c2ccco2)nc(C2CC2)n1. The number of halogens is 1. The lowest BCUT2D eigenvalue weighted by Crippen LogP contribution is -1.94. The Hall–Kier alpha value is -1.16. The van der Waals surface area contributed by atoms with Gasteiger partial charge in [0.1, 0.15) is 16.1 Å². The molecule has 0 N–H and O–H groups in total. The van der Waals surface area contributed by atoms with Crippen molar-refractivity contribution < 1.29 is 4.42 Å². The van der Waals surface area contributed by atoms with Gasteiger partial charge in [-0.3, -0.25) is 0 Å². The first-order valence-electron chi connectivity index (χ1n) is 4.91. The van der Waals surface area contributed by atoms with Crippen molar-refractivity contribution in [1.29, 1.82) is 0 Å². The molecule has 3 nitrogen and oxygen atoms in total. The second-order valence-corrected chi connectivity index (χ2v) is 4.50. The van der Waals surface area contributed by atoms with E-state index in [1.165, 1.54) is 12.8 Å². The van der Waals surface area contributed by atoms with Crippen LogP contribution in [0.5, 0.6) is 0 Å². The summed E-state index contributed by atoms with van der Waals surface area (Å²) in [4.78, 5) is 8.87. The largest absolute Gasteiger partial charge is 0.463 e. The Bertz CT molecular complexity index is 477. The van der Waals surface area contributed by atoms with E-state index in [9.17, 15) is 0 Å². The molecular weight excluding hydrogens is 256 g/mol. The molecule has 2 heterocycles. The minimum Gasteiger partial charge on any atom is -0.463 e. The number of aromatic nitrogens is 2. The lowest BCUT2D eigenvalue weighted by Gasteiger charge is -2.01. The molecule has 2 aromatic heterocycles. The fourth-order valence-electron chi connectivity index (χ4n) is 1.51. The zero-order chi connectivity index (χ0) is 10.3. The molecule has 0 spiro atoms. The molecule has 1 aliphatic carbocycles. The first-order chi connectivity index (χ1) is 7.33. The Labute approximate surface area is 95.7 Å². The predicted molar refractivity (Wildman–Crippen MR) is 59.4 cm³/mol. The van der Waals surface area contributed by atoms with Crippen LogP contribution in [0.15, 0.2) is 33.5 Å². The van der Waals surface area contributed by atoms with Crippen LogP contribution in [0.3, 0.4) is 0 Å². The lowest BCUT2D eigenvalue weighted by molar-refractivity contribution is 0.579. The summed E-state index contributed by atoms with van der Waals surface area (Å²) in [7, 11) is 0. The molecule has 0 radical (unpaired) electrons. The summed E-state index contributed by atoms with van der Waals surface area (Å²) in [5.41, 5.74) is 0.851. The van der Waals surface area contributed by atoms with Gasteiger partial charge in [-0.25, -0.2) is 9.97 Å². The molecule has 2 aromatic rings. The van der Waals surface area contributed by atoms with E-state index in [4.69, 9.17) is 4.42 Å². The van der Waals surface area contributed by atoms with Gasteiger partial charge in [-0.15, -0.1) is 0 Å². The normalized spacial score (nSPS) is 15.5. The average molecular weight is 265 g/mol. The van der Waals surface area contributed by atoms with Crippen LogP contribution in [0.2, 0.25) is 0 Å². The molecule has 3 rings (SSSR count). The molecule has 0 bridgehead atoms. The van der Waals surface area contributed by atoms with E-state index in [1.54, 1.807) is 6.26 Å². The van der Waals surface area contributed by atoms with Crippen molar-refractivity contribution in [1.82, 2.24) is 9.97 Å². The standard InChI is InChI=1S/C11H9BrN2O/c12-10-6-8(9-2-1-5-15-9)13-11(14-10)7-3-4-7/h1-2,5-7H,3-4H2. The Morgan fingerprint density at radius 3 is 2.87 bits per heavy atom. The smallest absolute Gasteiger partial charge is 0.152 e. The minimum atomic E-state index is 0.552. The maximum Gasteiger partial charge on any atom is 0.152 e. The van der Waals surface area contributed by atoms with Gasteiger partial charge < -0.3 is 4.42 Å². The van der Waals surface area contributed by atoms with E-state index < -0.39 is 0 Å². The van der Waals surface area contributed by atoms with Gasteiger partial charge in [0.2, 0.25) is 0 Å². The van der Waals surface area contributed by atoms with E-state index in [2.05, 4.69) is 25.9 Å². The lowest BCUT2D eigenvalue weighted by atomic mass is 10.3. The number of nitrogens with zero attached hydrogens (tertiary/aromatic N) is 2. The summed E-state index contributed by atoms with van der Waals surface area (Å²) >= 11 is 3.40. The van der Waals surface area contributed by atoms with E-state index in [0.29, 0.717) is 5.92 Å². The maximum absolute atomic E-state index is 5.32. The van der Waals surface area contributed by atoms with Gasteiger partial charge in [-0.05, 0) is 40.9 Å². The Morgan fingerprint density at radius 2 is 2.20 bits per heavy atom. The highest BCUT2D eigenvalue weighted by Gasteiger charge is 2.27. The molecule has 0 atom stereocenters. The fraction of sp³-hybridized carbons (Fsp3) is 0.273. The molecule has 1 fully saturated rings. The maximum atomic E-state index is 5.32. The Morgan fingerprint density at radius 1 is 1.33 bits per heavy atom. The van der Waals surface area contributed by atoms with Crippen LogP contribution in [-0.2, 0) is 0 Å². The molecule has 15 heavy (non-hydrogen) atoms. The van der Waals surface area contributed by atoms with Crippen molar-refractivity contribution in [3.63, 3.8) is 0 Å². The van der Waals surface area contributed by atoms with Gasteiger partial charge in [0, 0.05) is 12.0 Å². The summed E-state index contributed by atoms with van der Waals surface area (Å²) in [5.74, 6) is 2.27. The first kappa shape index (κ1) is 9.09. The third-order valence-electron chi connectivity index (χ3n) is 2.43. The summed E-state index contributed by atoms with van der Waals surface area (Å²) in [5, 5.41) is 0. The summed E-state index contributed by atoms with van der Waals surface area (Å²) < 4.78 is 6.14. The van der Waals surface area contributed by atoms with E-state index in [-0.39, 0.29) is 0 Å². The van der Waals surface area contributed by atoms with E-state index >= 15 is 0 Å². The number of furan rings is 1. The Balaban J connectivity index is 2.07. The number of hydrogen-bond acceptors (Lipinski definition) is 3. The van der Waals surface area contributed by atoms with Crippen LogP contribution in [0.25, 0.3) is 11.5 Å². The van der Waals surface area contributed by atoms with Gasteiger partial charge in [-0.1, -0.05) is 0 Å². The van der Waals surface area contributed by atoms with Crippen molar-refractivity contribution >= 4 is 15.9 Å². The first-order valence-corrected chi connectivity index (χ1v) is 5.70. The zero-order valence-corrected chi connectivity index (χ0v) is 9.57. The molecule has 1 aliphatic rings. The molecule has 0 amide bonds. The van der Waals surface area contributed by atoms with Crippen LogP contribution in [0, 0.1) is 0 Å². The van der Waals surface area contributed by atoms with Crippen LogP contribution in [0.4, 0.5) is 0 Å². The monoisotopic (exact) mass is 264 g/mol. The van der Waals surface area contributed by atoms with Crippen molar-refractivity contribution in [2.75, 3.05) is 0 Å². The van der Waals surface area contributed by atoms with Crippen molar-refractivity contribution in [3.05, 3.63) is 34.9 Å². The highest BCUT2D eigenvalue weighted by Crippen LogP contribution is 2.39. The summed E-state index contributed by atoms with van der Waals surface area (Å²) in [6.07, 6.45) is 4.06. The third-order valence-corrected chi connectivity index (χ3v) is 2.83. The molecule has 0 aromatic carbocycles. The predicted octanol–water partition coefficient (Wildman–Crippen LogP) is 3.38. The fourth-order valence-corrected chi connectivity index (χ4v) is 1.91. The van der Waals surface area contributed by atoms with Crippen LogP contribution >= 0.6 is 15.9 Å². The topological polar surface area (TPSA) is 38.9 Å².